The van der Waals surface area contributed by atoms with Gasteiger partial charge in [0.1, 0.15) is 0 Å². The van der Waals surface area contributed by atoms with Crippen molar-refractivity contribution in [3.8, 4) is 0 Å². The van der Waals surface area contributed by atoms with E-state index in [4.69, 9.17) is 0 Å². The molecule has 68 valence electrons. The molecule has 0 amide bonds. The van der Waals surface area contributed by atoms with E-state index in [0.29, 0.717) is 0 Å². The molecule has 0 radical (unpaired) electrons. The first kappa shape index (κ1) is 8.51. The molecule has 0 atom stereocenters. The quantitative estimate of drug-likeness (QED) is 0.628. The smallest absolute Gasteiger partial charge is 0.259 e. The van der Waals surface area contributed by atoms with Gasteiger partial charge in [0, 0.05) is 22.3 Å². The number of aryl methyl sites for hydroxylation is 2. The molecular weight excluding hydrogens is 182 g/mol. The van der Waals surface area contributed by atoms with Crippen molar-refractivity contribution >= 4 is 21.4 Å². The van der Waals surface area contributed by atoms with Gasteiger partial charge in [0.2, 0.25) is 0 Å². The summed E-state index contributed by atoms with van der Waals surface area (Å²) in [6, 6.07) is 4.02. The molecule has 0 aliphatic heterocycles. The minimum atomic E-state index is 0.111. The molecule has 0 aliphatic rings. The maximum atomic E-state index is 11.7. The van der Waals surface area contributed by atoms with Gasteiger partial charge >= 0.3 is 0 Å². The summed E-state index contributed by atoms with van der Waals surface area (Å²) in [6.07, 6.45) is 0. The molecule has 0 aliphatic carbocycles. The summed E-state index contributed by atoms with van der Waals surface area (Å²) in [5.74, 6) is 0. The van der Waals surface area contributed by atoms with Gasteiger partial charge in [-0.15, -0.1) is 11.3 Å². The molecule has 3 heteroatoms. The van der Waals surface area contributed by atoms with Crippen LogP contribution in [0.4, 0.5) is 0 Å². The Kier molecular flexibility index (Phi) is 1.77. The molecule has 13 heavy (non-hydrogen) atoms. The van der Waals surface area contributed by atoms with Crippen molar-refractivity contribution in [2.24, 2.45) is 7.05 Å². The minimum absolute atomic E-state index is 0.111. The van der Waals surface area contributed by atoms with Crippen LogP contribution in [0.3, 0.4) is 0 Å². The SMILES string of the molecule is Cc1cc2c(=O)n(C)c(C)cc2s1. The summed E-state index contributed by atoms with van der Waals surface area (Å²) in [5, 5.41) is 0.843. The summed E-state index contributed by atoms with van der Waals surface area (Å²) in [7, 11) is 1.81. The van der Waals surface area contributed by atoms with Crippen LogP contribution in [0.5, 0.6) is 0 Å². The first-order valence-electron chi connectivity index (χ1n) is 4.16. The Morgan fingerprint density at radius 3 is 2.69 bits per heavy atom. The summed E-state index contributed by atoms with van der Waals surface area (Å²) in [5.41, 5.74) is 1.12. The highest BCUT2D eigenvalue weighted by atomic mass is 32.1. The van der Waals surface area contributed by atoms with Gasteiger partial charge < -0.3 is 4.57 Å². The molecule has 0 saturated carbocycles. The maximum Gasteiger partial charge on any atom is 0.259 e. The fourth-order valence-electron chi connectivity index (χ4n) is 1.43. The molecule has 0 saturated heterocycles. The first-order chi connectivity index (χ1) is 6.09. The average Bonchev–Trinajstić information content (AvgIpc) is 2.42. The molecule has 0 unspecified atom stereocenters. The third kappa shape index (κ3) is 1.20. The fourth-order valence-corrected chi connectivity index (χ4v) is 2.44. The molecule has 2 heterocycles. The molecule has 0 fully saturated rings. The zero-order valence-corrected chi connectivity index (χ0v) is 8.73. The van der Waals surface area contributed by atoms with Gasteiger partial charge in [0.05, 0.1) is 5.39 Å². The van der Waals surface area contributed by atoms with Crippen LogP contribution in [0, 0.1) is 13.8 Å². The summed E-state index contributed by atoms with van der Waals surface area (Å²) in [6.45, 7) is 3.98. The predicted octanol–water partition coefficient (Wildman–Crippen LogP) is 2.22. The largest absolute Gasteiger partial charge is 0.315 e. The number of rotatable bonds is 0. The van der Waals surface area contributed by atoms with Crippen LogP contribution in [0.15, 0.2) is 16.9 Å². The predicted molar refractivity (Wildman–Crippen MR) is 56.5 cm³/mol. The molecule has 2 aromatic heterocycles. The second-order valence-corrected chi connectivity index (χ2v) is 4.57. The van der Waals surface area contributed by atoms with Gasteiger partial charge in [-0.25, -0.2) is 0 Å². The monoisotopic (exact) mass is 193 g/mol. The van der Waals surface area contributed by atoms with Crippen LogP contribution in [-0.4, -0.2) is 4.57 Å². The second-order valence-electron chi connectivity index (χ2n) is 3.28. The van der Waals surface area contributed by atoms with Crippen LogP contribution in [0.1, 0.15) is 10.6 Å². The van der Waals surface area contributed by atoms with Gasteiger partial charge in [-0.2, -0.15) is 0 Å². The van der Waals surface area contributed by atoms with Crippen molar-refractivity contribution in [3.05, 3.63) is 33.1 Å². The van der Waals surface area contributed by atoms with E-state index in [1.54, 1.807) is 15.9 Å². The lowest BCUT2D eigenvalue weighted by atomic mass is 10.3. The lowest BCUT2D eigenvalue weighted by molar-refractivity contribution is 0.831. The van der Waals surface area contributed by atoms with E-state index < -0.39 is 0 Å². The Morgan fingerprint density at radius 2 is 2.00 bits per heavy atom. The summed E-state index contributed by atoms with van der Waals surface area (Å²) in [4.78, 5) is 12.9. The molecule has 0 N–H and O–H groups in total. The Morgan fingerprint density at radius 1 is 1.31 bits per heavy atom. The Bertz CT molecular complexity index is 521. The normalized spacial score (nSPS) is 11.0. The van der Waals surface area contributed by atoms with Crippen molar-refractivity contribution < 1.29 is 0 Å². The van der Waals surface area contributed by atoms with E-state index in [1.165, 1.54) is 4.88 Å². The van der Waals surface area contributed by atoms with Gasteiger partial charge in [-0.3, -0.25) is 4.79 Å². The van der Waals surface area contributed by atoms with Crippen LogP contribution < -0.4 is 5.56 Å². The van der Waals surface area contributed by atoms with E-state index in [9.17, 15) is 4.79 Å². The van der Waals surface area contributed by atoms with E-state index in [-0.39, 0.29) is 5.56 Å². The topological polar surface area (TPSA) is 22.0 Å². The van der Waals surface area contributed by atoms with E-state index in [2.05, 4.69) is 6.07 Å². The van der Waals surface area contributed by atoms with Crippen molar-refractivity contribution in [1.82, 2.24) is 4.57 Å². The summed E-state index contributed by atoms with van der Waals surface area (Å²) >= 11 is 1.68. The van der Waals surface area contributed by atoms with Gasteiger partial charge in [-0.05, 0) is 26.0 Å². The zero-order chi connectivity index (χ0) is 9.59. The highest BCUT2D eigenvalue weighted by molar-refractivity contribution is 7.19. The number of thiophene rings is 1. The van der Waals surface area contributed by atoms with Crippen LogP contribution in [0.25, 0.3) is 10.1 Å². The third-order valence-corrected chi connectivity index (χ3v) is 3.29. The fraction of sp³-hybridized carbons (Fsp3) is 0.300. The number of hydrogen-bond acceptors (Lipinski definition) is 2. The van der Waals surface area contributed by atoms with Crippen molar-refractivity contribution in [3.63, 3.8) is 0 Å². The van der Waals surface area contributed by atoms with Gasteiger partial charge in [0.25, 0.3) is 5.56 Å². The van der Waals surface area contributed by atoms with Crippen LogP contribution in [-0.2, 0) is 7.05 Å². The molecule has 2 aromatic rings. The maximum absolute atomic E-state index is 11.7. The second kappa shape index (κ2) is 2.70. The molecule has 2 nitrogen and oxygen atoms in total. The van der Waals surface area contributed by atoms with Gasteiger partial charge in [-0.1, -0.05) is 0 Å². The third-order valence-electron chi connectivity index (χ3n) is 2.29. The van der Waals surface area contributed by atoms with Crippen LogP contribution >= 0.6 is 11.3 Å². The first-order valence-corrected chi connectivity index (χ1v) is 4.98. The van der Waals surface area contributed by atoms with E-state index in [1.807, 2.05) is 27.0 Å². The molecule has 2 rings (SSSR count). The number of fused-ring (bicyclic) bond motifs is 1. The number of aromatic nitrogens is 1. The lowest BCUT2D eigenvalue weighted by Crippen LogP contribution is -2.17. The average molecular weight is 193 g/mol. The molecular formula is C10H11NOS. The van der Waals surface area contributed by atoms with Crippen molar-refractivity contribution in [2.45, 2.75) is 13.8 Å². The number of nitrogens with zero attached hydrogens (tertiary/aromatic N) is 1. The van der Waals surface area contributed by atoms with Crippen molar-refractivity contribution in [2.75, 3.05) is 0 Å². The van der Waals surface area contributed by atoms with E-state index in [0.717, 1.165) is 15.8 Å². The van der Waals surface area contributed by atoms with Crippen molar-refractivity contribution in [1.29, 1.82) is 0 Å². The Balaban J connectivity index is 3.01. The minimum Gasteiger partial charge on any atom is -0.315 e. The zero-order valence-electron chi connectivity index (χ0n) is 7.92. The van der Waals surface area contributed by atoms with Gasteiger partial charge in [0.15, 0.2) is 0 Å². The molecule has 0 spiro atoms. The standard InChI is InChI=1S/C10H11NOS/c1-6-4-9-8(5-7(2)13-9)10(12)11(6)3/h4-5H,1-3H3. The highest BCUT2D eigenvalue weighted by Crippen LogP contribution is 2.22. The summed E-state index contributed by atoms with van der Waals surface area (Å²) < 4.78 is 2.78. The van der Waals surface area contributed by atoms with Crippen LogP contribution in [0.2, 0.25) is 0 Å². The Labute approximate surface area is 80.4 Å². The molecule has 0 bridgehead atoms. The number of hydrogen-bond donors (Lipinski definition) is 0. The lowest BCUT2D eigenvalue weighted by Gasteiger charge is -2.01. The highest BCUT2D eigenvalue weighted by Gasteiger charge is 2.05. The number of pyridine rings is 1. The molecule has 0 aromatic carbocycles. The Hall–Kier alpha value is -1.09. The van der Waals surface area contributed by atoms with E-state index >= 15 is 0 Å².